The molecule has 0 fully saturated rings. The van der Waals surface area contributed by atoms with Crippen molar-refractivity contribution in [3.8, 4) is 30.5 Å². The Morgan fingerprint density at radius 3 is 1.76 bits per heavy atom. The van der Waals surface area contributed by atoms with Crippen molar-refractivity contribution in [3.05, 3.63) is 94.2 Å². The second-order valence-electron chi connectivity index (χ2n) is 6.47. The van der Waals surface area contributed by atoms with E-state index in [9.17, 15) is 29.8 Å². The van der Waals surface area contributed by atoms with E-state index in [0.717, 1.165) is 24.3 Å². The first-order valence-electron chi connectivity index (χ1n) is 9.07. The Hall–Kier alpha value is -5.56. The number of hydrogen-bond donors (Lipinski definition) is 0. The molecule has 0 bridgehead atoms. The van der Waals surface area contributed by atoms with Crippen LogP contribution in [0.3, 0.4) is 0 Å². The van der Waals surface area contributed by atoms with Crippen LogP contribution in [0.1, 0.15) is 11.1 Å². The minimum atomic E-state index is -0.762. The van der Waals surface area contributed by atoms with Crippen LogP contribution < -0.4 is 4.90 Å². The molecule has 0 saturated carbocycles. The van der Waals surface area contributed by atoms with E-state index in [1.807, 2.05) is 12.1 Å². The van der Waals surface area contributed by atoms with E-state index in [2.05, 4.69) is 4.99 Å². The summed E-state index contributed by atoms with van der Waals surface area (Å²) in [5.74, 6) is -1.52. The van der Waals surface area contributed by atoms with Gasteiger partial charge in [0.05, 0.1) is 46.0 Å². The second kappa shape index (κ2) is 9.50. The monoisotopic (exact) mass is 433 g/mol. The molecule has 0 heterocycles. The lowest BCUT2D eigenvalue weighted by atomic mass is 9.98. The summed E-state index contributed by atoms with van der Waals surface area (Å²) in [6.07, 6.45) is 5.76. The predicted octanol–water partition coefficient (Wildman–Crippen LogP) is 4.57. The fourth-order valence-corrected chi connectivity index (χ4v) is 3.12. The summed E-state index contributed by atoms with van der Waals surface area (Å²) in [4.78, 5) is 5.01. The normalized spacial score (nSPS) is 13.1. The van der Waals surface area contributed by atoms with Crippen LogP contribution in [0.4, 0.5) is 20.2 Å². The van der Waals surface area contributed by atoms with E-state index >= 15 is 0 Å². The lowest BCUT2D eigenvalue weighted by Gasteiger charge is -2.29. The van der Waals surface area contributed by atoms with Crippen molar-refractivity contribution < 1.29 is 8.78 Å². The van der Waals surface area contributed by atoms with Crippen LogP contribution in [0.5, 0.6) is 0 Å². The zero-order chi connectivity index (χ0) is 24.0. The third-order valence-electron chi connectivity index (χ3n) is 4.44. The molecule has 2 aromatic carbocycles. The van der Waals surface area contributed by atoms with Gasteiger partial charge in [0.2, 0.25) is 6.19 Å². The van der Waals surface area contributed by atoms with Crippen molar-refractivity contribution in [1.29, 1.82) is 26.3 Å². The molecule has 0 aromatic heterocycles. The van der Waals surface area contributed by atoms with Crippen LogP contribution in [0.25, 0.3) is 0 Å². The van der Waals surface area contributed by atoms with Gasteiger partial charge in [-0.3, -0.25) is 0 Å². The van der Waals surface area contributed by atoms with E-state index in [4.69, 9.17) is 5.26 Å². The Bertz CT molecular complexity index is 1410. The van der Waals surface area contributed by atoms with Gasteiger partial charge in [-0.15, -0.1) is 0 Å². The number of hydrogen-bond acceptors (Lipinski definition) is 7. The van der Waals surface area contributed by atoms with Gasteiger partial charge < -0.3 is 4.90 Å². The Balaban J connectivity index is 2.42. The van der Waals surface area contributed by atoms with E-state index in [0.29, 0.717) is 0 Å². The summed E-state index contributed by atoms with van der Waals surface area (Å²) in [5.41, 5.74) is 0.111. The van der Waals surface area contributed by atoms with Gasteiger partial charge in [-0.05, 0) is 48.6 Å². The highest BCUT2D eigenvalue weighted by molar-refractivity contribution is 6.14. The molecular weight excluding hydrogens is 424 g/mol. The molecule has 0 N–H and O–H groups in total. The maximum Gasteiger partial charge on any atom is 0.206 e. The highest BCUT2D eigenvalue weighted by Crippen LogP contribution is 2.35. The van der Waals surface area contributed by atoms with Crippen molar-refractivity contribution in [3.63, 3.8) is 0 Å². The third kappa shape index (κ3) is 4.62. The summed E-state index contributed by atoms with van der Waals surface area (Å²) >= 11 is 0. The Kier molecular flexibility index (Phi) is 6.37. The van der Waals surface area contributed by atoms with E-state index in [1.54, 1.807) is 18.3 Å². The Labute approximate surface area is 187 Å². The van der Waals surface area contributed by atoms with Crippen LogP contribution in [0.2, 0.25) is 0 Å². The maximum absolute atomic E-state index is 14.3. The van der Waals surface area contributed by atoms with Gasteiger partial charge in [0, 0.05) is 5.57 Å². The molecule has 1 aliphatic carbocycles. The molecule has 1 aliphatic rings. The number of nitriles is 5. The number of rotatable bonds is 3. The van der Waals surface area contributed by atoms with Crippen LogP contribution in [-0.2, 0) is 0 Å². The number of halogens is 2. The first-order valence-corrected chi connectivity index (χ1v) is 9.07. The molecule has 154 valence electrons. The van der Waals surface area contributed by atoms with Crippen LogP contribution in [0.15, 0.2) is 76.5 Å². The standard InChI is InChI=1S/C24H9F2N7/c25-19-3-15(10-27)5-21(8-19)33(22-6-16(11-28)4-20(26)9-22)24-7-17(18(12-29)13-30)1-2-23(24)32-14-31/h1-9H/b32-23+. The summed E-state index contributed by atoms with van der Waals surface area (Å²) in [7, 11) is 0. The molecule has 0 amide bonds. The lowest BCUT2D eigenvalue weighted by molar-refractivity contribution is 0.626. The first kappa shape index (κ1) is 22.1. The molecule has 3 rings (SSSR count). The predicted molar refractivity (Wildman–Crippen MR) is 113 cm³/mol. The van der Waals surface area contributed by atoms with E-state index < -0.39 is 11.6 Å². The molecule has 7 nitrogen and oxygen atoms in total. The highest BCUT2D eigenvalue weighted by atomic mass is 19.1. The van der Waals surface area contributed by atoms with E-state index in [1.165, 1.54) is 35.3 Å². The van der Waals surface area contributed by atoms with Crippen LogP contribution >= 0.6 is 0 Å². The molecule has 33 heavy (non-hydrogen) atoms. The SMILES string of the molecule is N#C/N=C1\C=CC(=C(C#N)C#N)C=C1N(c1cc(F)cc(C#N)c1)c1cc(F)cc(C#N)c1. The number of allylic oxidation sites excluding steroid dienone is 5. The molecule has 9 heteroatoms. The van der Waals surface area contributed by atoms with Crippen molar-refractivity contribution in [2.45, 2.75) is 0 Å². The second-order valence-corrected chi connectivity index (χ2v) is 6.47. The van der Waals surface area contributed by atoms with Gasteiger partial charge in [0.25, 0.3) is 0 Å². The average Bonchev–Trinajstić information content (AvgIpc) is 2.81. The van der Waals surface area contributed by atoms with Crippen LogP contribution in [0, 0.1) is 68.4 Å². The number of aliphatic imine (C=N–C) groups is 1. The van der Waals surface area contributed by atoms with Crippen molar-refractivity contribution in [2.75, 3.05) is 4.90 Å². The van der Waals surface area contributed by atoms with Gasteiger partial charge in [0.1, 0.15) is 29.3 Å². The Morgan fingerprint density at radius 1 is 0.758 bits per heavy atom. The maximum atomic E-state index is 14.3. The summed E-state index contributed by atoms with van der Waals surface area (Å²) in [6.45, 7) is 0. The van der Waals surface area contributed by atoms with Gasteiger partial charge >= 0.3 is 0 Å². The molecule has 0 atom stereocenters. The third-order valence-corrected chi connectivity index (χ3v) is 4.44. The van der Waals surface area contributed by atoms with Crippen LogP contribution in [-0.4, -0.2) is 5.71 Å². The van der Waals surface area contributed by atoms with Gasteiger partial charge in [-0.2, -0.15) is 31.3 Å². The number of benzene rings is 2. The molecule has 0 aliphatic heterocycles. The van der Waals surface area contributed by atoms with Gasteiger partial charge in [-0.1, -0.05) is 6.08 Å². The molecule has 2 aromatic rings. The molecular formula is C24H9F2N7. The summed E-state index contributed by atoms with van der Waals surface area (Å²) in [6, 6.07) is 14.0. The Morgan fingerprint density at radius 2 is 1.30 bits per heavy atom. The number of nitrogens with zero attached hydrogens (tertiary/aromatic N) is 7. The van der Waals surface area contributed by atoms with Crippen molar-refractivity contribution in [1.82, 2.24) is 0 Å². The van der Waals surface area contributed by atoms with Gasteiger partial charge in [-0.25, -0.2) is 8.78 Å². The highest BCUT2D eigenvalue weighted by Gasteiger charge is 2.24. The van der Waals surface area contributed by atoms with Crippen molar-refractivity contribution >= 4 is 17.1 Å². The number of anilines is 2. The summed E-state index contributed by atoms with van der Waals surface area (Å²) < 4.78 is 28.7. The largest absolute Gasteiger partial charge is 0.308 e. The summed E-state index contributed by atoms with van der Waals surface area (Å²) in [5, 5.41) is 46.2. The smallest absolute Gasteiger partial charge is 0.206 e. The topological polar surface area (TPSA) is 135 Å². The average molecular weight is 433 g/mol. The molecule has 0 radical (unpaired) electrons. The van der Waals surface area contributed by atoms with Gasteiger partial charge in [0.15, 0.2) is 0 Å². The van der Waals surface area contributed by atoms with Crippen molar-refractivity contribution in [2.24, 2.45) is 4.99 Å². The molecule has 0 saturated heterocycles. The lowest BCUT2D eigenvalue weighted by Crippen LogP contribution is -2.24. The quantitative estimate of drug-likeness (QED) is 0.514. The fourth-order valence-electron chi connectivity index (χ4n) is 3.12. The molecule has 0 spiro atoms. The minimum Gasteiger partial charge on any atom is -0.308 e. The zero-order valence-electron chi connectivity index (χ0n) is 16.6. The van der Waals surface area contributed by atoms with E-state index in [-0.39, 0.29) is 45.1 Å². The zero-order valence-corrected chi connectivity index (χ0v) is 16.6. The minimum absolute atomic E-state index is 0.0388. The fraction of sp³-hybridized carbons (Fsp3) is 0. The first-order chi connectivity index (χ1) is 15.9. The molecule has 0 unspecified atom stereocenters.